The molecule has 0 bridgehead atoms. The maximum absolute atomic E-state index is 12.2. The molecule has 2 aliphatic rings. The van der Waals surface area contributed by atoms with Gasteiger partial charge in [-0.25, -0.2) is 15.0 Å². The molecule has 30 heavy (non-hydrogen) atoms. The number of aromatic nitrogens is 6. The van der Waals surface area contributed by atoms with E-state index >= 15 is 0 Å². The van der Waals surface area contributed by atoms with Crippen molar-refractivity contribution >= 4 is 22.8 Å². The summed E-state index contributed by atoms with van der Waals surface area (Å²) >= 11 is 0. The fourth-order valence-electron chi connectivity index (χ4n) is 4.75. The summed E-state index contributed by atoms with van der Waals surface area (Å²) in [4.78, 5) is 25.6. The van der Waals surface area contributed by atoms with Gasteiger partial charge < -0.3 is 20.1 Å². The number of aliphatic hydroxyl groups is 2. The topological polar surface area (TPSA) is 131 Å². The van der Waals surface area contributed by atoms with E-state index in [0.29, 0.717) is 29.2 Å². The molecule has 5 rings (SSSR count). The number of Topliss-reactive ketones (excluding diaryl/α,β-unsaturated/α-hetero) is 1. The van der Waals surface area contributed by atoms with Crippen molar-refractivity contribution in [3.63, 3.8) is 0 Å². The summed E-state index contributed by atoms with van der Waals surface area (Å²) in [7, 11) is 3.54. The first-order valence-electron chi connectivity index (χ1n) is 9.67. The average molecular weight is 407 g/mol. The van der Waals surface area contributed by atoms with Crippen LogP contribution in [0.4, 0.5) is 5.82 Å². The van der Waals surface area contributed by atoms with Gasteiger partial charge in [-0.2, -0.15) is 5.10 Å². The summed E-state index contributed by atoms with van der Waals surface area (Å²) in [5, 5.41) is 28.4. The summed E-state index contributed by atoms with van der Waals surface area (Å²) in [6, 6.07) is -0.493. The van der Waals surface area contributed by atoms with Crippen LogP contribution in [0, 0.1) is 23.2 Å². The highest BCUT2D eigenvalue weighted by Gasteiger charge is 2.74. The Morgan fingerprint density at radius 1 is 1.33 bits per heavy atom. The molecule has 2 fully saturated rings. The van der Waals surface area contributed by atoms with Gasteiger partial charge in [0.05, 0.1) is 35.6 Å². The molecule has 3 aromatic rings. The zero-order valence-electron chi connectivity index (χ0n) is 16.7. The van der Waals surface area contributed by atoms with Crippen LogP contribution in [-0.2, 0) is 11.8 Å². The average Bonchev–Trinajstić information content (AvgIpc) is 2.98. The molecule has 10 heteroatoms. The Morgan fingerprint density at radius 2 is 2.13 bits per heavy atom. The quantitative estimate of drug-likeness (QED) is 0.512. The zero-order valence-corrected chi connectivity index (χ0v) is 16.7. The van der Waals surface area contributed by atoms with Crippen molar-refractivity contribution in [3.05, 3.63) is 30.1 Å². The molecule has 0 aromatic carbocycles. The second-order valence-electron chi connectivity index (χ2n) is 7.96. The van der Waals surface area contributed by atoms with Crippen molar-refractivity contribution in [2.24, 2.45) is 18.4 Å². The van der Waals surface area contributed by atoms with E-state index in [2.05, 4.69) is 37.2 Å². The third-order valence-electron chi connectivity index (χ3n) is 6.33. The monoisotopic (exact) mass is 407 g/mol. The standard InChI is InChI=1S/C20H21N7O3/c1-10(28)20-6-12(20)15(16(29)17(20)30)27-9-22-14-18(21-2)24-13(25-19(14)27)5-4-11-7-23-26(3)8-11/h7-9,12,15-17,29-30H,6H2,1-3H3,(H,21,24,25)/t12?,15-,16+,17?,20+/m1/s1. The predicted octanol–water partition coefficient (Wildman–Crippen LogP) is -0.127. The first kappa shape index (κ1) is 18.7. The largest absolute Gasteiger partial charge is 0.389 e. The molecule has 0 radical (unpaired) electrons. The first-order valence-corrected chi connectivity index (χ1v) is 9.67. The van der Waals surface area contributed by atoms with Crippen LogP contribution >= 0.6 is 0 Å². The van der Waals surface area contributed by atoms with E-state index in [1.807, 2.05) is 7.05 Å². The minimum atomic E-state index is -1.10. The molecule has 0 spiro atoms. The molecule has 5 atom stereocenters. The fourth-order valence-corrected chi connectivity index (χ4v) is 4.75. The number of nitrogens with one attached hydrogen (secondary N) is 1. The highest BCUT2D eigenvalue weighted by atomic mass is 16.3. The van der Waals surface area contributed by atoms with Crippen molar-refractivity contribution in [2.45, 2.75) is 31.6 Å². The van der Waals surface area contributed by atoms with E-state index in [-0.39, 0.29) is 11.7 Å². The third kappa shape index (κ3) is 2.49. The number of aliphatic hydroxyl groups excluding tert-OH is 2. The van der Waals surface area contributed by atoms with E-state index in [0.717, 1.165) is 5.56 Å². The molecule has 2 aliphatic carbocycles. The van der Waals surface area contributed by atoms with Gasteiger partial charge in [0.25, 0.3) is 0 Å². The molecule has 0 aliphatic heterocycles. The molecule has 0 saturated heterocycles. The lowest BCUT2D eigenvalue weighted by atomic mass is 9.95. The number of rotatable bonds is 3. The Kier molecular flexibility index (Phi) is 3.96. The highest BCUT2D eigenvalue weighted by Crippen LogP contribution is 2.68. The molecule has 2 unspecified atom stereocenters. The first-order chi connectivity index (χ1) is 14.4. The number of hydrogen-bond donors (Lipinski definition) is 3. The molecule has 3 N–H and O–H groups in total. The number of aryl methyl sites for hydroxylation is 1. The second-order valence-corrected chi connectivity index (χ2v) is 7.96. The van der Waals surface area contributed by atoms with Gasteiger partial charge in [-0.1, -0.05) is 5.92 Å². The van der Waals surface area contributed by atoms with Crippen molar-refractivity contribution in [3.8, 4) is 11.8 Å². The van der Waals surface area contributed by atoms with Gasteiger partial charge in [-0.15, -0.1) is 0 Å². The summed E-state index contributed by atoms with van der Waals surface area (Å²) in [6.07, 6.45) is 3.38. The number of hydrogen-bond acceptors (Lipinski definition) is 8. The predicted molar refractivity (Wildman–Crippen MR) is 106 cm³/mol. The molecule has 10 nitrogen and oxygen atoms in total. The lowest BCUT2D eigenvalue weighted by molar-refractivity contribution is -0.128. The maximum atomic E-state index is 12.2. The van der Waals surface area contributed by atoms with E-state index in [4.69, 9.17) is 0 Å². The van der Waals surface area contributed by atoms with Crippen LogP contribution in [0.15, 0.2) is 18.7 Å². The third-order valence-corrected chi connectivity index (χ3v) is 6.33. The van der Waals surface area contributed by atoms with Gasteiger partial charge in [0.15, 0.2) is 17.0 Å². The molecular weight excluding hydrogens is 386 g/mol. The van der Waals surface area contributed by atoms with Gasteiger partial charge in [0.2, 0.25) is 5.82 Å². The summed E-state index contributed by atoms with van der Waals surface area (Å²) in [5.41, 5.74) is 0.890. The normalized spacial score (nSPS) is 29.4. The summed E-state index contributed by atoms with van der Waals surface area (Å²) in [5.74, 6) is 6.47. The van der Waals surface area contributed by atoms with Crippen LogP contribution in [0.5, 0.6) is 0 Å². The minimum absolute atomic E-state index is 0.0977. The minimum Gasteiger partial charge on any atom is -0.389 e. The van der Waals surface area contributed by atoms with Crippen LogP contribution in [-0.4, -0.2) is 64.6 Å². The summed E-state index contributed by atoms with van der Waals surface area (Å²) < 4.78 is 3.40. The number of carbonyl (C=O) groups is 1. The number of ketones is 1. The molecule has 0 amide bonds. The van der Waals surface area contributed by atoms with Crippen LogP contribution < -0.4 is 5.32 Å². The molecular formula is C20H21N7O3. The highest BCUT2D eigenvalue weighted by molar-refractivity contribution is 5.88. The van der Waals surface area contributed by atoms with Gasteiger partial charge in [0, 0.05) is 20.3 Å². The Balaban J connectivity index is 1.59. The lowest BCUT2D eigenvalue weighted by Gasteiger charge is -2.23. The van der Waals surface area contributed by atoms with Gasteiger partial charge in [-0.3, -0.25) is 9.48 Å². The van der Waals surface area contributed by atoms with E-state index in [9.17, 15) is 15.0 Å². The lowest BCUT2D eigenvalue weighted by Crippen LogP contribution is -2.36. The van der Waals surface area contributed by atoms with E-state index in [1.165, 1.54) is 6.92 Å². The number of anilines is 1. The van der Waals surface area contributed by atoms with Crippen molar-refractivity contribution in [2.75, 3.05) is 12.4 Å². The van der Waals surface area contributed by atoms with Crippen LogP contribution in [0.1, 0.15) is 30.8 Å². The van der Waals surface area contributed by atoms with Crippen LogP contribution in [0.25, 0.3) is 11.2 Å². The van der Waals surface area contributed by atoms with Crippen molar-refractivity contribution < 1.29 is 15.0 Å². The number of carbonyl (C=O) groups excluding carboxylic acids is 1. The SMILES string of the molecule is CNc1nc(C#Cc2cnn(C)c2)nc2c1ncn2[C@@H]1C2C[C@@]2(C(C)=O)C(O)[C@H]1O. The Hall–Kier alpha value is -3.29. The number of imidazole rings is 1. The van der Waals surface area contributed by atoms with Gasteiger partial charge in [0.1, 0.15) is 11.9 Å². The number of nitrogens with zero attached hydrogens (tertiary/aromatic N) is 6. The Labute approximate surface area is 172 Å². The smallest absolute Gasteiger partial charge is 0.209 e. The fraction of sp³-hybridized carbons (Fsp3) is 0.450. The zero-order chi connectivity index (χ0) is 21.2. The molecule has 3 heterocycles. The molecule has 3 aromatic heterocycles. The Bertz CT molecular complexity index is 1240. The van der Waals surface area contributed by atoms with E-state index in [1.54, 1.807) is 35.0 Å². The van der Waals surface area contributed by atoms with Crippen molar-refractivity contribution in [1.82, 2.24) is 29.3 Å². The molecule has 154 valence electrons. The molecule has 2 saturated carbocycles. The second kappa shape index (κ2) is 6.35. The maximum Gasteiger partial charge on any atom is 0.209 e. The van der Waals surface area contributed by atoms with E-state index < -0.39 is 23.7 Å². The van der Waals surface area contributed by atoms with Crippen LogP contribution in [0.2, 0.25) is 0 Å². The summed E-state index contributed by atoms with van der Waals surface area (Å²) in [6.45, 7) is 1.47. The Morgan fingerprint density at radius 3 is 2.77 bits per heavy atom. The van der Waals surface area contributed by atoms with Crippen molar-refractivity contribution in [1.29, 1.82) is 0 Å². The van der Waals surface area contributed by atoms with Crippen LogP contribution in [0.3, 0.4) is 0 Å². The van der Waals surface area contributed by atoms with Gasteiger partial charge >= 0.3 is 0 Å². The van der Waals surface area contributed by atoms with Gasteiger partial charge in [-0.05, 0) is 25.2 Å². The number of fused-ring (bicyclic) bond motifs is 2.